The molecule has 0 spiro atoms. The van der Waals surface area contributed by atoms with Gasteiger partial charge >= 0.3 is 0 Å². The van der Waals surface area contributed by atoms with Crippen LogP contribution in [-0.2, 0) is 9.59 Å². The van der Waals surface area contributed by atoms with Crippen LogP contribution in [0.5, 0.6) is 0 Å². The van der Waals surface area contributed by atoms with Crippen molar-refractivity contribution in [2.24, 2.45) is 0 Å². The molecule has 0 aromatic heterocycles. The fraction of sp³-hybridized carbons (Fsp3) is 0.857. The summed E-state index contributed by atoms with van der Waals surface area (Å²) in [4.78, 5) is 27.7. The van der Waals surface area contributed by atoms with E-state index in [1.165, 1.54) is 4.90 Å². The van der Waals surface area contributed by atoms with Gasteiger partial charge in [-0.15, -0.1) is 0 Å². The number of carbonyl (C=O) groups excluding carboxylic acids is 2. The first kappa shape index (κ1) is 16.0. The fourth-order valence-corrected chi connectivity index (χ4v) is 2.41. The average molecular weight is 269 g/mol. The summed E-state index contributed by atoms with van der Waals surface area (Å²) in [6.45, 7) is 5.67. The van der Waals surface area contributed by atoms with Crippen LogP contribution in [0.4, 0.5) is 0 Å². The monoisotopic (exact) mass is 269 g/mol. The lowest BCUT2D eigenvalue weighted by Crippen LogP contribution is -2.59. The molecule has 1 heterocycles. The van der Waals surface area contributed by atoms with Gasteiger partial charge in [0, 0.05) is 20.6 Å². The Kier molecular flexibility index (Phi) is 5.79. The second kappa shape index (κ2) is 6.89. The molecule has 110 valence electrons. The second-order valence-electron chi connectivity index (χ2n) is 5.73. The highest BCUT2D eigenvalue weighted by Gasteiger charge is 2.37. The van der Waals surface area contributed by atoms with Gasteiger partial charge in [-0.1, -0.05) is 6.92 Å². The predicted octanol–water partition coefficient (Wildman–Crippen LogP) is 0.845. The number of likely N-dealkylation sites (N-methyl/N-ethyl adjacent to an activating group) is 1. The summed E-state index contributed by atoms with van der Waals surface area (Å²) >= 11 is 0. The van der Waals surface area contributed by atoms with E-state index in [0.29, 0.717) is 6.54 Å². The van der Waals surface area contributed by atoms with E-state index in [2.05, 4.69) is 5.32 Å². The van der Waals surface area contributed by atoms with Crippen LogP contribution in [0.2, 0.25) is 0 Å². The summed E-state index contributed by atoms with van der Waals surface area (Å²) in [5, 5.41) is 3.32. The number of piperidine rings is 1. The maximum absolute atomic E-state index is 12.7. The molecule has 1 rings (SSSR count). The van der Waals surface area contributed by atoms with Gasteiger partial charge in [-0.2, -0.15) is 0 Å². The molecule has 1 aliphatic heterocycles. The Labute approximate surface area is 116 Å². The van der Waals surface area contributed by atoms with Crippen molar-refractivity contribution >= 4 is 11.8 Å². The first-order chi connectivity index (χ1) is 8.90. The number of hydrogen-bond donors (Lipinski definition) is 1. The van der Waals surface area contributed by atoms with E-state index in [-0.39, 0.29) is 18.4 Å². The van der Waals surface area contributed by atoms with Crippen LogP contribution < -0.4 is 5.32 Å². The molecule has 1 saturated heterocycles. The molecule has 1 aliphatic rings. The highest BCUT2D eigenvalue weighted by molar-refractivity contribution is 5.90. The molecule has 0 saturated carbocycles. The SMILES string of the molecule is CCCN(CC(=O)N(C)C)C(=O)C1(C)CCCCN1. The zero-order valence-electron chi connectivity index (χ0n) is 12.7. The molecule has 5 heteroatoms. The van der Waals surface area contributed by atoms with Gasteiger partial charge in [-0.25, -0.2) is 0 Å². The van der Waals surface area contributed by atoms with Crippen molar-refractivity contribution in [2.75, 3.05) is 33.7 Å². The number of nitrogens with one attached hydrogen (secondary N) is 1. The maximum Gasteiger partial charge on any atom is 0.243 e. The first-order valence-electron chi connectivity index (χ1n) is 7.15. The second-order valence-corrected chi connectivity index (χ2v) is 5.73. The third kappa shape index (κ3) is 4.20. The Morgan fingerprint density at radius 3 is 2.42 bits per heavy atom. The normalized spacial score (nSPS) is 22.9. The largest absolute Gasteiger partial charge is 0.347 e. The molecule has 0 aliphatic carbocycles. The molecule has 0 aromatic carbocycles. The number of nitrogens with zero attached hydrogens (tertiary/aromatic N) is 2. The van der Waals surface area contributed by atoms with E-state index >= 15 is 0 Å². The predicted molar refractivity (Wildman–Crippen MR) is 75.8 cm³/mol. The Balaban J connectivity index is 2.74. The zero-order chi connectivity index (χ0) is 14.5. The van der Waals surface area contributed by atoms with Crippen LogP contribution in [-0.4, -0.2) is 60.9 Å². The summed E-state index contributed by atoms with van der Waals surface area (Å²) in [6, 6.07) is 0. The van der Waals surface area contributed by atoms with Crippen molar-refractivity contribution in [2.45, 2.75) is 45.1 Å². The zero-order valence-corrected chi connectivity index (χ0v) is 12.7. The van der Waals surface area contributed by atoms with Gasteiger partial charge in [0.1, 0.15) is 0 Å². The quantitative estimate of drug-likeness (QED) is 0.805. The number of rotatable bonds is 5. The Morgan fingerprint density at radius 1 is 1.26 bits per heavy atom. The van der Waals surface area contributed by atoms with E-state index in [1.807, 2.05) is 13.8 Å². The van der Waals surface area contributed by atoms with E-state index in [9.17, 15) is 9.59 Å². The minimum Gasteiger partial charge on any atom is -0.347 e. The van der Waals surface area contributed by atoms with Crippen molar-refractivity contribution in [1.82, 2.24) is 15.1 Å². The van der Waals surface area contributed by atoms with Crippen molar-refractivity contribution in [3.05, 3.63) is 0 Å². The molecule has 0 radical (unpaired) electrons. The average Bonchev–Trinajstić information content (AvgIpc) is 2.38. The fourth-order valence-electron chi connectivity index (χ4n) is 2.41. The van der Waals surface area contributed by atoms with Crippen LogP contribution in [0.1, 0.15) is 39.5 Å². The molecule has 0 aromatic rings. The maximum atomic E-state index is 12.7. The van der Waals surface area contributed by atoms with Gasteiger partial charge in [-0.3, -0.25) is 9.59 Å². The Hall–Kier alpha value is -1.10. The summed E-state index contributed by atoms with van der Waals surface area (Å²) in [5.41, 5.74) is -0.500. The van der Waals surface area contributed by atoms with Gasteiger partial charge in [-0.05, 0) is 39.2 Å². The van der Waals surface area contributed by atoms with Crippen LogP contribution in [0.25, 0.3) is 0 Å². The summed E-state index contributed by atoms with van der Waals surface area (Å²) in [5.74, 6) is 0.0328. The van der Waals surface area contributed by atoms with Gasteiger partial charge in [0.2, 0.25) is 11.8 Å². The smallest absolute Gasteiger partial charge is 0.243 e. The van der Waals surface area contributed by atoms with Crippen LogP contribution >= 0.6 is 0 Å². The first-order valence-corrected chi connectivity index (χ1v) is 7.15. The lowest BCUT2D eigenvalue weighted by molar-refractivity contribution is -0.144. The van der Waals surface area contributed by atoms with E-state index in [1.54, 1.807) is 19.0 Å². The summed E-state index contributed by atoms with van der Waals surface area (Å²) < 4.78 is 0. The van der Waals surface area contributed by atoms with Crippen LogP contribution in [0, 0.1) is 0 Å². The molecular formula is C14H27N3O2. The molecule has 1 N–H and O–H groups in total. The minimum atomic E-state index is -0.500. The lowest BCUT2D eigenvalue weighted by Gasteiger charge is -2.38. The summed E-state index contributed by atoms with van der Waals surface area (Å²) in [7, 11) is 3.44. The van der Waals surface area contributed by atoms with Crippen molar-refractivity contribution in [1.29, 1.82) is 0 Å². The number of hydrogen-bond acceptors (Lipinski definition) is 3. The lowest BCUT2D eigenvalue weighted by atomic mass is 9.89. The highest BCUT2D eigenvalue weighted by atomic mass is 16.2. The topological polar surface area (TPSA) is 52.7 Å². The molecule has 1 unspecified atom stereocenters. The Morgan fingerprint density at radius 2 is 1.95 bits per heavy atom. The Bertz CT molecular complexity index is 323. The van der Waals surface area contributed by atoms with Crippen molar-refractivity contribution < 1.29 is 9.59 Å². The molecular weight excluding hydrogens is 242 g/mol. The third-order valence-electron chi connectivity index (χ3n) is 3.70. The molecule has 2 amide bonds. The standard InChI is InChI=1S/C14H27N3O2/c1-5-10-17(11-12(18)16(3)4)13(19)14(2)8-6-7-9-15-14/h15H,5-11H2,1-4H3. The number of carbonyl (C=O) groups is 2. The molecule has 1 fully saturated rings. The van der Waals surface area contributed by atoms with E-state index < -0.39 is 5.54 Å². The van der Waals surface area contributed by atoms with Gasteiger partial charge in [0.05, 0.1) is 12.1 Å². The van der Waals surface area contributed by atoms with Crippen LogP contribution in [0.3, 0.4) is 0 Å². The van der Waals surface area contributed by atoms with Crippen molar-refractivity contribution in [3.63, 3.8) is 0 Å². The van der Waals surface area contributed by atoms with Crippen molar-refractivity contribution in [3.8, 4) is 0 Å². The molecule has 19 heavy (non-hydrogen) atoms. The van der Waals surface area contributed by atoms with E-state index in [4.69, 9.17) is 0 Å². The minimum absolute atomic E-state index is 0.0267. The molecule has 5 nitrogen and oxygen atoms in total. The van der Waals surface area contributed by atoms with E-state index in [0.717, 1.165) is 32.2 Å². The van der Waals surface area contributed by atoms with Gasteiger partial charge in [0.25, 0.3) is 0 Å². The van der Waals surface area contributed by atoms with Crippen LogP contribution in [0.15, 0.2) is 0 Å². The summed E-state index contributed by atoms with van der Waals surface area (Å²) in [6.07, 6.45) is 3.90. The molecule has 1 atom stereocenters. The molecule has 0 bridgehead atoms. The van der Waals surface area contributed by atoms with Gasteiger partial charge < -0.3 is 15.1 Å². The third-order valence-corrected chi connectivity index (χ3v) is 3.70. The number of amides is 2. The van der Waals surface area contributed by atoms with Gasteiger partial charge in [0.15, 0.2) is 0 Å². The highest BCUT2D eigenvalue weighted by Crippen LogP contribution is 2.21.